The smallest absolute Gasteiger partial charge is 0.237 e. The molecule has 0 radical (unpaired) electrons. The average molecular weight is 270 g/mol. The van der Waals surface area contributed by atoms with Crippen molar-refractivity contribution in [2.45, 2.75) is 0 Å². The minimum atomic E-state index is -0.262. The summed E-state index contributed by atoms with van der Waals surface area (Å²) in [5.74, 6) is 0. The summed E-state index contributed by atoms with van der Waals surface area (Å²) in [7, 11) is 0. The molecule has 5 nitrogen and oxygen atoms in total. The second-order valence-electron chi connectivity index (χ2n) is 3.55. The van der Waals surface area contributed by atoms with E-state index in [1.54, 1.807) is 24.3 Å². The topological polar surface area (TPSA) is 76.9 Å². The average Bonchev–Trinajstić information content (AvgIpc) is 2.96. The van der Waals surface area contributed by atoms with E-state index in [0.717, 1.165) is 5.69 Å². The zero-order valence-corrected chi connectivity index (χ0v) is 10.5. The first kappa shape index (κ1) is 12.7. The Kier molecular flexibility index (Phi) is 3.82. The Labute approximate surface area is 115 Å². The van der Waals surface area contributed by atoms with E-state index in [4.69, 9.17) is 22.1 Å². The van der Waals surface area contributed by atoms with Crippen molar-refractivity contribution in [3.63, 3.8) is 0 Å². The van der Waals surface area contributed by atoms with Crippen LogP contribution in [0, 0.1) is 22.7 Å². The molecule has 6 heteroatoms. The van der Waals surface area contributed by atoms with Crippen molar-refractivity contribution in [2.75, 3.05) is 5.43 Å². The van der Waals surface area contributed by atoms with Crippen LogP contribution in [-0.4, -0.2) is 10.3 Å². The molecule has 0 aliphatic heterocycles. The molecule has 1 aromatic heterocycles. The number of halogens is 1. The summed E-state index contributed by atoms with van der Waals surface area (Å²) in [6.45, 7) is 0. The van der Waals surface area contributed by atoms with Gasteiger partial charge >= 0.3 is 0 Å². The highest BCUT2D eigenvalue weighted by atomic mass is 35.5. The molecule has 0 aliphatic carbocycles. The number of nitrogens with one attached hydrogen (secondary N) is 1. The predicted molar refractivity (Wildman–Crippen MR) is 73.1 cm³/mol. The summed E-state index contributed by atoms with van der Waals surface area (Å²) >= 11 is 6.02. The lowest BCUT2D eigenvalue weighted by molar-refractivity contribution is 1.08. The molecule has 0 aliphatic rings. The number of hydrogen-bond acceptors (Lipinski definition) is 4. The molecule has 1 aromatic carbocycles. The van der Waals surface area contributed by atoms with Crippen molar-refractivity contribution in [3.05, 3.63) is 47.7 Å². The summed E-state index contributed by atoms with van der Waals surface area (Å²) in [4.78, 5) is 0. The Bertz CT molecular complexity index is 673. The predicted octanol–water partition coefficient (Wildman–Crippen LogP) is 2.95. The molecule has 1 N–H and O–H groups in total. The van der Waals surface area contributed by atoms with Gasteiger partial charge in [0.1, 0.15) is 12.1 Å². The lowest BCUT2D eigenvalue weighted by Gasteiger charge is -2.07. The fourth-order valence-corrected chi connectivity index (χ4v) is 1.62. The third-order valence-corrected chi connectivity index (χ3v) is 2.68. The molecule has 92 valence electrons. The number of benzene rings is 1. The van der Waals surface area contributed by atoms with E-state index in [-0.39, 0.29) is 5.71 Å². The Hall–Kier alpha value is -2.76. The third kappa shape index (κ3) is 2.92. The van der Waals surface area contributed by atoms with Crippen molar-refractivity contribution in [1.82, 2.24) is 4.57 Å². The van der Waals surface area contributed by atoms with Gasteiger partial charge in [0.2, 0.25) is 5.71 Å². The number of hydrazone groups is 1. The minimum Gasteiger partial charge on any atom is -0.324 e. The second-order valence-corrected chi connectivity index (χ2v) is 3.96. The van der Waals surface area contributed by atoms with Crippen molar-refractivity contribution < 1.29 is 0 Å². The van der Waals surface area contributed by atoms with Crippen LogP contribution in [0.5, 0.6) is 0 Å². The molecule has 0 saturated heterocycles. The van der Waals surface area contributed by atoms with Gasteiger partial charge < -0.3 is 4.57 Å². The van der Waals surface area contributed by atoms with Crippen LogP contribution in [0.3, 0.4) is 0 Å². The van der Waals surface area contributed by atoms with Gasteiger partial charge in [-0.2, -0.15) is 15.6 Å². The monoisotopic (exact) mass is 269 g/mol. The third-order valence-electron chi connectivity index (χ3n) is 2.35. The van der Waals surface area contributed by atoms with E-state index in [2.05, 4.69) is 10.5 Å². The first-order valence-electron chi connectivity index (χ1n) is 5.31. The van der Waals surface area contributed by atoms with Crippen molar-refractivity contribution >= 4 is 23.0 Å². The van der Waals surface area contributed by atoms with Gasteiger partial charge in [-0.05, 0) is 30.3 Å². The normalized spacial score (nSPS) is 9.21. The van der Waals surface area contributed by atoms with Crippen molar-refractivity contribution in [1.29, 1.82) is 10.5 Å². The number of rotatable bonds is 3. The first-order valence-corrected chi connectivity index (χ1v) is 5.69. The zero-order valence-electron chi connectivity index (χ0n) is 9.71. The summed E-state index contributed by atoms with van der Waals surface area (Å²) in [5.41, 5.74) is 3.77. The molecule has 0 fully saturated rings. The van der Waals surface area contributed by atoms with Gasteiger partial charge in [0, 0.05) is 18.1 Å². The summed E-state index contributed by atoms with van der Waals surface area (Å²) in [6, 6.07) is 12.5. The summed E-state index contributed by atoms with van der Waals surface area (Å²) < 4.78 is 1.90. The number of hydrogen-bond donors (Lipinski definition) is 1. The zero-order chi connectivity index (χ0) is 13.7. The van der Waals surface area contributed by atoms with Crippen molar-refractivity contribution in [3.8, 4) is 17.8 Å². The maximum atomic E-state index is 8.60. The van der Waals surface area contributed by atoms with Gasteiger partial charge in [0.25, 0.3) is 0 Å². The molecule has 0 atom stereocenters. The van der Waals surface area contributed by atoms with Crippen molar-refractivity contribution in [2.24, 2.45) is 5.10 Å². The van der Waals surface area contributed by atoms with Gasteiger partial charge in [-0.25, -0.2) is 0 Å². The van der Waals surface area contributed by atoms with Crippen LogP contribution in [0.15, 0.2) is 47.8 Å². The SMILES string of the molecule is N#CC(C#N)=NNc1cc(-n2cccc2)ccc1Cl. The largest absolute Gasteiger partial charge is 0.324 e. The van der Waals surface area contributed by atoms with E-state index < -0.39 is 0 Å². The maximum absolute atomic E-state index is 8.60. The molecule has 2 rings (SSSR count). The quantitative estimate of drug-likeness (QED) is 0.687. The highest BCUT2D eigenvalue weighted by Crippen LogP contribution is 2.25. The highest BCUT2D eigenvalue weighted by Gasteiger charge is 2.03. The standard InChI is InChI=1S/C13H8ClN5/c14-12-4-3-11(19-5-1-2-6-19)7-13(12)18-17-10(8-15)9-16/h1-7,18H. The Morgan fingerprint density at radius 2 is 1.89 bits per heavy atom. The van der Waals surface area contributed by atoms with Crippen LogP contribution in [0.2, 0.25) is 5.02 Å². The molecule has 0 saturated carbocycles. The van der Waals surface area contributed by atoms with Crippen LogP contribution >= 0.6 is 11.6 Å². The molecule has 19 heavy (non-hydrogen) atoms. The molecule has 0 amide bonds. The number of nitriles is 2. The maximum Gasteiger partial charge on any atom is 0.237 e. The second kappa shape index (κ2) is 5.72. The Morgan fingerprint density at radius 3 is 2.53 bits per heavy atom. The lowest BCUT2D eigenvalue weighted by Crippen LogP contribution is -1.98. The van der Waals surface area contributed by atoms with Crippen LogP contribution in [0.4, 0.5) is 5.69 Å². The summed E-state index contributed by atoms with van der Waals surface area (Å²) in [6.07, 6.45) is 3.79. The number of anilines is 1. The van der Waals surface area contributed by atoms with Crippen LogP contribution in [0.25, 0.3) is 5.69 Å². The highest BCUT2D eigenvalue weighted by molar-refractivity contribution is 6.33. The molecule has 0 spiro atoms. The van der Waals surface area contributed by atoms with Gasteiger partial charge in [0.05, 0.1) is 10.7 Å². The molecule has 0 bridgehead atoms. The van der Waals surface area contributed by atoms with Crippen LogP contribution < -0.4 is 5.43 Å². The van der Waals surface area contributed by atoms with E-state index in [9.17, 15) is 0 Å². The Balaban J connectivity index is 2.32. The molecule has 2 aromatic rings. The van der Waals surface area contributed by atoms with Gasteiger partial charge in [-0.1, -0.05) is 11.6 Å². The molecular formula is C13H8ClN5. The van der Waals surface area contributed by atoms with Crippen LogP contribution in [0.1, 0.15) is 0 Å². The minimum absolute atomic E-state index is 0.262. The van der Waals surface area contributed by atoms with E-state index in [1.807, 2.05) is 35.2 Å². The van der Waals surface area contributed by atoms with Gasteiger partial charge in [-0.15, -0.1) is 0 Å². The Morgan fingerprint density at radius 1 is 1.21 bits per heavy atom. The number of aromatic nitrogens is 1. The molecule has 0 unspecified atom stereocenters. The summed E-state index contributed by atoms with van der Waals surface area (Å²) in [5, 5.41) is 21.3. The number of nitrogens with zero attached hydrogens (tertiary/aromatic N) is 4. The van der Waals surface area contributed by atoms with E-state index >= 15 is 0 Å². The van der Waals surface area contributed by atoms with Gasteiger partial charge in [-0.3, -0.25) is 5.43 Å². The van der Waals surface area contributed by atoms with E-state index in [1.165, 1.54) is 0 Å². The van der Waals surface area contributed by atoms with Gasteiger partial charge in [0.15, 0.2) is 0 Å². The lowest BCUT2D eigenvalue weighted by atomic mass is 10.3. The van der Waals surface area contributed by atoms with E-state index in [0.29, 0.717) is 10.7 Å². The van der Waals surface area contributed by atoms with Crippen LogP contribution in [-0.2, 0) is 0 Å². The molecule has 1 heterocycles. The first-order chi connectivity index (χ1) is 9.24. The fourth-order valence-electron chi connectivity index (χ4n) is 1.46. The fraction of sp³-hybridized carbons (Fsp3) is 0. The molecular weight excluding hydrogens is 262 g/mol.